The lowest BCUT2D eigenvalue weighted by atomic mass is 10.1. The monoisotopic (exact) mass is 517 g/mol. The number of amides is 1. The molecule has 2 heterocycles. The average Bonchev–Trinajstić information content (AvgIpc) is 2.83. The van der Waals surface area contributed by atoms with Gasteiger partial charge in [-0.2, -0.15) is 13.2 Å². The molecule has 1 N–H and O–H groups in total. The fourth-order valence-electron chi connectivity index (χ4n) is 3.90. The highest BCUT2D eigenvalue weighted by Crippen LogP contribution is 2.39. The molecule has 1 aliphatic heterocycles. The van der Waals surface area contributed by atoms with Crippen molar-refractivity contribution in [2.45, 2.75) is 32.5 Å². The van der Waals surface area contributed by atoms with Gasteiger partial charge in [-0.25, -0.2) is 19.2 Å². The summed E-state index contributed by atoms with van der Waals surface area (Å²) in [7, 11) is 0. The molecule has 0 aliphatic carbocycles. The predicted molar refractivity (Wildman–Crippen MR) is 132 cm³/mol. The maximum Gasteiger partial charge on any atom is 0.418 e. The molecular formula is C26H27F4N5O2. The lowest BCUT2D eigenvalue weighted by Gasteiger charge is -2.37. The first-order chi connectivity index (χ1) is 17.4. The molecule has 4 rings (SSSR count). The fourth-order valence-corrected chi connectivity index (χ4v) is 3.90. The van der Waals surface area contributed by atoms with Crippen molar-refractivity contribution in [3.8, 4) is 11.3 Å². The average molecular weight is 518 g/mol. The van der Waals surface area contributed by atoms with Gasteiger partial charge in [0.2, 0.25) is 5.95 Å². The third-order valence-corrected chi connectivity index (χ3v) is 5.63. The molecule has 1 aromatic heterocycles. The minimum Gasteiger partial charge on any atom is -0.444 e. The van der Waals surface area contributed by atoms with Crippen LogP contribution in [-0.2, 0) is 10.9 Å². The number of nitrogens with one attached hydrogen (secondary N) is 1. The van der Waals surface area contributed by atoms with Crippen molar-refractivity contribution in [2.24, 2.45) is 0 Å². The summed E-state index contributed by atoms with van der Waals surface area (Å²) in [4.78, 5) is 23.8. The van der Waals surface area contributed by atoms with Gasteiger partial charge in [0.05, 0.1) is 11.3 Å². The molecule has 7 nitrogen and oxygen atoms in total. The van der Waals surface area contributed by atoms with Crippen LogP contribution in [0.1, 0.15) is 26.3 Å². The van der Waals surface area contributed by atoms with Crippen molar-refractivity contribution >= 4 is 23.4 Å². The van der Waals surface area contributed by atoms with E-state index in [2.05, 4.69) is 15.3 Å². The number of piperazine rings is 1. The minimum absolute atomic E-state index is 0.0304. The number of alkyl halides is 3. The van der Waals surface area contributed by atoms with Crippen molar-refractivity contribution in [3.63, 3.8) is 0 Å². The van der Waals surface area contributed by atoms with Gasteiger partial charge in [0, 0.05) is 49.3 Å². The Hall–Kier alpha value is -3.89. The van der Waals surface area contributed by atoms with Gasteiger partial charge in [-0.05, 0) is 69.3 Å². The van der Waals surface area contributed by atoms with E-state index in [1.165, 1.54) is 35.4 Å². The first kappa shape index (κ1) is 26.2. The number of rotatable bonds is 4. The molecule has 0 unspecified atom stereocenters. The van der Waals surface area contributed by atoms with Crippen LogP contribution >= 0.6 is 0 Å². The van der Waals surface area contributed by atoms with Crippen LogP contribution in [0.4, 0.5) is 39.7 Å². The normalized spacial score (nSPS) is 14.5. The summed E-state index contributed by atoms with van der Waals surface area (Å²) in [6.45, 7) is 6.24. The van der Waals surface area contributed by atoms with Gasteiger partial charge in [-0.1, -0.05) is 0 Å². The van der Waals surface area contributed by atoms with Crippen molar-refractivity contribution in [2.75, 3.05) is 36.4 Å². The number of anilines is 3. The third kappa shape index (κ3) is 6.66. The Kier molecular flexibility index (Phi) is 7.24. The molecule has 3 aromatic rings. The SMILES string of the molecule is CC(C)(C)OC(=O)N1CCN(c2ccc(Nc3nccc(-c4ccc(F)cc4)n3)cc2C(F)(F)F)CC1. The standard InChI is InChI=1S/C26H27F4N5O2/c1-25(2,3)37-24(36)35-14-12-34(13-15-35)22-9-8-19(16-20(22)26(28,29)30)32-23-31-11-10-21(33-23)17-4-6-18(27)7-5-17/h4-11,16H,12-15H2,1-3H3,(H,31,32,33). The minimum atomic E-state index is -4.61. The van der Waals surface area contributed by atoms with Gasteiger partial charge >= 0.3 is 12.3 Å². The summed E-state index contributed by atoms with van der Waals surface area (Å²) in [5.41, 5.74) is -0.125. The zero-order chi connectivity index (χ0) is 26.8. The van der Waals surface area contributed by atoms with E-state index in [0.29, 0.717) is 11.3 Å². The fraction of sp³-hybridized carbons (Fsp3) is 0.346. The number of ether oxygens (including phenoxy) is 1. The van der Waals surface area contributed by atoms with Crippen molar-refractivity contribution in [3.05, 3.63) is 66.1 Å². The Morgan fingerprint density at radius 2 is 1.65 bits per heavy atom. The maximum atomic E-state index is 14.0. The molecule has 0 atom stereocenters. The molecule has 1 aliphatic rings. The van der Waals surface area contributed by atoms with Crippen LogP contribution in [0.2, 0.25) is 0 Å². The lowest BCUT2D eigenvalue weighted by Crippen LogP contribution is -2.50. The van der Waals surface area contributed by atoms with Crippen LogP contribution in [0.3, 0.4) is 0 Å². The molecule has 0 bridgehead atoms. The second-order valence-electron chi connectivity index (χ2n) is 9.58. The van der Waals surface area contributed by atoms with Gasteiger partial charge in [-0.15, -0.1) is 0 Å². The molecule has 2 aromatic carbocycles. The van der Waals surface area contributed by atoms with E-state index < -0.39 is 23.4 Å². The topological polar surface area (TPSA) is 70.6 Å². The largest absolute Gasteiger partial charge is 0.444 e. The highest BCUT2D eigenvalue weighted by atomic mass is 19.4. The van der Waals surface area contributed by atoms with Gasteiger partial charge in [-0.3, -0.25) is 0 Å². The Morgan fingerprint density at radius 3 is 2.27 bits per heavy atom. The van der Waals surface area contributed by atoms with Crippen molar-refractivity contribution in [1.29, 1.82) is 0 Å². The summed E-state index contributed by atoms with van der Waals surface area (Å²) < 4.78 is 60.7. The quantitative estimate of drug-likeness (QED) is 0.422. The van der Waals surface area contributed by atoms with Crippen molar-refractivity contribution < 1.29 is 27.1 Å². The molecule has 11 heteroatoms. The number of aromatic nitrogens is 2. The van der Waals surface area contributed by atoms with Crippen LogP contribution in [-0.4, -0.2) is 52.7 Å². The summed E-state index contributed by atoms with van der Waals surface area (Å²) in [5.74, 6) is -0.282. The number of hydrogen-bond donors (Lipinski definition) is 1. The molecule has 1 saturated heterocycles. The molecule has 196 valence electrons. The van der Waals surface area contributed by atoms with E-state index in [1.807, 2.05) is 0 Å². The summed E-state index contributed by atoms with van der Waals surface area (Å²) in [6.07, 6.45) is -3.62. The maximum absolute atomic E-state index is 14.0. The Labute approximate surface area is 212 Å². The molecule has 1 fully saturated rings. The van der Waals surface area contributed by atoms with Gasteiger partial charge in [0.15, 0.2) is 0 Å². The molecular weight excluding hydrogens is 490 g/mol. The second kappa shape index (κ2) is 10.2. The molecule has 37 heavy (non-hydrogen) atoms. The van der Waals surface area contributed by atoms with Crippen LogP contribution in [0, 0.1) is 5.82 Å². The van der Waals surface area contributed by atoms with Crippen LogP contribution < -0.4 is 10.2 Å². The summed E-state index contributed by atoms with van der Waals surface area (Å²) in [5, 5.41) is 2.83. The predicted octanol–water partition coefficient (Wildman–Crippen LogP) is 6.10. The van der Waals surface area contributed by atoms with Gasteiger partial charge in [0.25, 0.3) is 0 Å². The number of nitrogens with zero attached hydrogens (tertiary/aromatic N) is 4. The zero-order valence-corrected chi connectivity index (χ0v) is 20.6. The number of carbonyl (C=O) groups excluding carboxylic acids is 1. The molecule has 0 spiro atoms. The Bertz CT molecular complexity index is 1250. The molecule has 0 saturated carbocycles. The number of hydrogen-bond acceptors (Lipinski definition) is 6. The van der Waals surface area contributed by atoms with E-state index in [9.17, 15) is 22.4 Å². The van der Waals surface area contributed by atoms with Gasteiger partial charge < -0.3 is 19.9 Å². The number of halogens is 4. The Morgan fingerprint density at radius 1 is 0.973 bits per heavy atom. The highest BCUT2D eigenvalue weighted by Gasteiger charge is 2.36. The number of benzene rings is 2. The van der Waals surface area contributed by atoms with Crippen LogP contribution in [0.15, 0.2) is 54.7 Å². The molecule has 0 radical (unpaired) electrons. The molecule has 1 amide bonds. The van der Waals surface area contributed by atoms with E-state index in [4.69, 9.17) is 4.74 Å². The summed E-state index contributed by atoms with van der Waals surface area (Å²) >= 11 is 0. The first-order valence-electron chi connectivity index (χ1n) is 11.7. The van der Waals surface area contributed by atoms with E-state index in [0.717, 1.165) is 6.07 Å². The number of carbonyl (C=O) groups is 1. The third-order valence-electron chi connectivity index (χ3n) is 5.63. The Balaban J connectivity index is 1.51. The lowest BCUT2D eigenvalue weighted by molar-refractivity contribution is -0.137. The van der Waals surface area contributed by atoms with Gasteiger partial charge in [0.1, 0.15) is 11.4 Å². The van der Waals surface area contributed by atoms with Crippen LogP contribution in [0.25, 0.3) is 11.3 Å². The summed E-state index contributed by atoms with van der Waals surface area (Å²) in [6, 6.07) is 11.3. The second-order valence-corrected chi connectivity index (χ2v) is 9.58. The van der Waals surface area contributed by atoms with E-state index in [1.54, 1.807) is 43.9 Å². The highest BCUT2D eigenvalue weighted by molar-refractivity contribution is 5.70. The zero-order valence-electron chi connectivity index (χ0n) is 20.6. The van der Waals surface area contributed by atoms with E-state index in [-0.39, 0.29) is 49.3 Å². The smallest absolute Gasteiger partial charge is 0.418 e. The van der Waals surface area contributed by atoms with Crippen molar-refractivity contribution in [1.82, 2.24) is 14.9 Å². The first-order valence-corrected chi connectivity index (χ1v) is 11.7. The van der Waals surface area contributed by atoms with Crippen LogP contribution in [0.5, 0.6) is 0 Å². The van der Waals surface area contributed by atoms with E-state index >= 15 is 0 Å².